The second-order valence-corrected chi connectivity index (χ2v) is 6.24. The molecule has 28 heavy (non-hydrogen) atoms. The molecule has 0 atom stereocenters. The number of pyridine rings is 1. The SMILES string of the molecule is CN(C)C(=O)Oc1cccc2ccc(COC(=O)C=Cc3ccccc3)nc12. The fraction of sp³-hybridized carbons (Fsp3) is 0.136. The number of carbonyl (C=O) groups excluding carboxylic acids is 2. The zero-order chi connectivity index (χ0) is 19.9. The number of carbonyl (C=O) groups is 2. The van der Waals surface area contributed by atoms with Crippen LogP contribution in [-0.2, 0) is 16.1 Å². The normalized spacial score (nSPS) is 10.8. The van der Waals surface area contributed by atoms with E-state index in [2.05, 4.69) is 4.98 Å². The molecule has 3 rings (SSSR count). The Bertz CT molecular complexity index is 1010. The lowest BCUT2D eigenvalue weighted by Crippen LogP contribution is -2.25. The Morgan fingerprint density at radius 2 is 1.79 bits per heavy atom. The van der Waals surface area contributed by atoms with E-state index in [1.165, 1.54) is 11.0 Å². The summed E-state index contributed by atoms with van der Waals surface area (Å²) in [6, 6.07) is 18.4. The molecule has 1 amide bonds. The van der Waals surface area contributed by atoms with Crippen LogP contribution in [0.5, 0.6) is 5.75 Å². The largest absolute Gasteiger partial charge is 0.456 e. The quantitative estimate of drug-likeness (QED) is 0.496. The van der Waals surface area contributed by atoms with E-state index in [-0.39, 0.29) is 6.61 Å². The van der Waals surface area contributed by atoms with E-state index < -0.39 is 12.1 Å². The molecule has 2 aromatic carbocycles. The first-order valence-corrected chi connectivity index (χ1v) is 8.70. The van der Waals surface area contributed by atoms with E-state index in [1.54, 1.807) is 38.4 Å². The summed E-state index contributed by atoms with van der Waals surface area (Å²) in [5.74, 6) is -0.105. The van der Waals surface area contributed by atoms with Gasteiger partial charge in [0.2, 0.25) is 0 Å². The summed E-state index contributed by atoms with van der Waals surface area (Å²) in [5.41, 5.74) is 2.00. The number of amides is 1. The van der Waals surface area contributed by atoms with Gasteiger partial charge >= 0.3 is 12.1 Å². The summed E-state index contributed by atoms with van der Waals surface area (Å²) < 4.78 is 10.6. The van der Waals surface area contributed by atoms with E-state index in [0.29, 0.717) is 17.0 Å². The summed E-state index contributed by atoms with van der Waals surface area (Å²) in [6.07, 6.45) is 2.58. The Kier molecular flexibility index (Phi) is 6.01. The molecule has 142 valence electrons. The van der Waals surface area contributed by atoms with Crippen LogP contribution in [0.15, 0.2) is 66.7 Å². The predicted octanol–water partition coefficient (Wildman–Crippen LogP) is 4.05. The second kappa shape index (κ2) is 8.81. The maximum atomic E-state index is 11.9. The van der Waals surface area contributed by atoms with Crippen molar-refractivity contribution in [2.24, 2.45) is 0 Å². The van der Waals surface area contributed by atoms with Crippen molar-refractivity contribution >= 4 is 29.0 Å². The molecule has 1 aromatic heterocycles. The number of fused-ring (bicyclic) bond motifs is 1. The van der Waals surface area contributed by atoms with Crippen LogP contribution in [0.2, 0.25) is 0 Å². The fourth-order valence-corrected chi connectivity index (χ4v) is 2.43. The molecule has 0 aliphatic rings. The maximum Gasteiger partial charge on any atom is 0.414 e. The number of benzene rings is 2. The first kappa shape index (κ1) is 19.1. The highest BCUT2D eigenvalue weighted by molar-refractivity contribution is 5.88. The Morgan fingerprint density at radius 1 is 1.00 bits per heavy atom. The van der Waals surface area contributed by atoms with E-state index in [4.69, 9.17) is 9.47 Å². The summed E-state index contributed by atoms with van der Waals surface area (Å²) in [7, 11) is 3.21. The van der Waals surface area contributed by atoms with Crippen molar-refractivity contribution in [3.05, 3.63) is 78.0 Å². The van der Waals surface area contributed by atoms with Crippen LogP contribution in [0, 0.1) is 0 Å². The van der Waals surface area contributed by atoms with Gasteiger partial charge < -0.3 is 14.4 Å². The Labute approximate surface area is 163 Å². The Balaban J connectivity index is 1.70. The van der Waals surface area contributed by atoms with Crippen molar-refractivity contribution in [1.29, 1.82) is 0 Å². The number of nitrogens with zero attached hydrogens (tertiary/aromatic N) is 2. The van der Waals surface area contributed by atoms with Crippen LogP contribution in [-0.4, -0.2) is 36.0 Å². The van der Waals surface area contributed by atoms with E-state index in [9.17, 15) is 9.59 Å². The van der Waals surface area contributed by atoms with Gasteiger partial charge in [-0.25, -0.2) is 14.6 Å². The van der Waals surface area contributed by atoms with Crippen molar-refractivity contribution in [3.8, 4) is 5.75 Å². The Hall–Kier alpha value is -3.67. The van der Waals surface area contributed by atoms with Gasteiger partial charge in [-0.1, -0.05) is 48.5 Å². The Morgan fingerprint density at radius 3 is 2.54 bits per heavy atom. The highest BCUT2D eigenvalue weighted by atomic mass is 16.6. The fourth-order valence-electron chi connectivity index (χ4n) is 2.43. The van der Waals surface area contributed by atoms with Gasteiger partial charge in [-0.05, 0) is 23.8 Å². The van der Waals surface area contributed by atoms with Crippen molar-refractivity contribution in [1.82, 2.24) is 9.88 Å². The molecule has 3 aromatic rings. The third kappa shape index (κ3) is 4.94. The molecule has 0 bridgehead atoms. The van der Waals surface area contributed by atoms with Gasteiger partial charge in [-0.15, -0.1) is 0 Å². The average Bonchev–Trinajstić information content (AvgIpc) is 2.71. The average molecular weight is 376 g/mol. The molecule has 0 aliphatic carbocycles. The van der Waals surface area contributed by atoms with Crippen molar-refractivity contribution in [2.75, 3.05) is 14.1 Å². The number of rotatable bonds is 5. The molecule has 0 saturated heterocycles. The lowest BCUT2D eigenvalue weighted by molar-refractivity contribution is -0.139. The van der Waals surface area contributed by atoms with Crippen molar-refractivity contribution in [3.63, 3.8) is 0 Å². The van der Waals surface area contributed by atoms with Crippen molar-refractivity contribution < 1.29 is 19.1 Å². The maximum absolute atomic E-state index is 11.9. The number of hydrogen-bond donors (Lipinski definition) is 0. The highest BCUT2D eigenvalue weighted by Gasteiger charge is 2.11. The second-order valence-electron chi connectivity index (χ2n) is 6.24. The first-order valence-electron chi connectivity index (χ1n) is 8.70. The first-order chi connectivity index (χ1) is 13.5. The third-order valence-electron chi connectivity index (χ3n) is 3.88. The summed E-state index contributed by atoms with van der Waals surface area (Å²) in [6.45, 7) is 0.0177. The van der Waals surface area contributed by atoms with Crippen LogP contribution in [0.3, 0.4) is 0 Å². The molecule has 0 fully saturated rings. The minimum atomic E-state index is -0.489. The summed E-state index contributed by atoms with van der Waals surface area (Å²) in [5, 5.41) is 0.822. The zero-order valence-corrected chi connectivity index (χ0v) is 15.7. The predicted molar refractivity (Wildman–Crippen MR) is 107 cm³/mol. The van der Waals surface area contributed by atoms with Gasteiger partial charge in [0, 0.05) is 25.6 Å². The number of para-hydroxylation sites is 1. The molecular formula is C22H20N2O4. The molecule has 1 heterocycles. The highest BCUT2D eigenvalue weighted by Crippen LogP contribution is 2.24. The molecule has 0 spiro atoms. The number of esters is 1. The number of aromatic nitrogens is 1. The lowest BCUT2D eigenvalue weighted by atomic mass is 10.2. The molecule has 0 unspecified atom stereocenters. The smallest absolute Gasteiger partial charge is 0.414 e. The van der Waals surface area contributed by atoms with Gasteiger partial charge in [0.15, 0.2) is 5.75 Å². The van der Waals surface area contributed by atoms with Gasteiger partial charge in [0.1, 0.15) is 12.1 Å². The van der Waals surface area contributed by atoms with E-state index in [0.717, 1.165) is 10.9 Å². The van der Waals surface area contributed by atoms with E-state index in [1.807, 2.05) is 42.5 Å². The minimum absolute atomic E-state index is 0.0177. The number of ether oxygens (including phenoxy) is 2. The van der Waals surface area contributed by atoms with Crippen LogP contribution < -0.4 is 4.74 Å². The standard InChI is InChI=1S/C22H20N2O4/c1-24(2)22(26)28-19-10-6-9-17-12-13-18(23-21(17)19)15-27-20(25)14-11-16-7-4-3-5-8-16/h3-14H,15H2,1-2H3. The molecular weight excluding hydrogens is 356 g/mol. The van der Waals surface area contributed by atoms with Gasteiger partial charge in [0.05, 0.1) is 5.69 Å². The van der Waals surface area contributed by atoms with Crippen LogP contribution >= 0.6 is 0 Å². The zero-order valence-electron chi connectivity index (χ0n) is 15.7. The molecule has 6 heteroatoms. The van der Waals surface area contributed by atoms with Crippen LogP contribution in [0.25, 0.3) is 17.0 Å². The van der Waals surface area contributed by atoms with Crippen LogP contribution in [0.4, 0.5) is 4.79 Å². The summed E-state index contributed by atoms with van der Waals surface area (Å²) in [4.78, 5) is 29.6. The summed E-state index contributed by atoms with van der Waals surface area (Å²) >= 11 is 0. The van der Waals surface area contributed by atoms with Gasteiger partial charge in [-0.2, -0.15) is 0 Å². The van der Waals surface area contributed by atoms with Crippen molar-refractivity contribution in [2.45, 2.75) is 6.61 Å². The van der Waals surface area contributed by atoms with Gasteiger partial charge in [-0.3, -0.25) is 0 Å². The molecule has 0 aliphatic heterocycles. The topological polar surface area (TPSA) is 68.7 Å². The third-order valence-corrected chi connectivity index (χ3v) is 3.88. The molecule has 0 radical (unpaired) electrons. The number of hydrogen-bond acceptors (Lipinski definition) is 5. The molecule has 6 nitrogen and oxygen atoms in total. The van der Waals surface area contributed by atoms with E-state index >= 15 is 0 Å². The molecule has 0 saturated carbocycles. The van der Waals surface area contributed by atoms with Gasteiger partial charge in [0.25, 0.3) is 0 Å². The lowest BCUT2D eigenvalue weighted by Gasteiger charge is -2.12. The van der Waals surface area contributed by atoms with Crippen LogP contribution in [0.1, 0.15) is 11.3 Å². The monoisotopic (exact) mass is 376 g/mol. The molecule has 0 N–H and O–H groups in total. The minimum Gasteiger partial charge on any atom is -0.456 e.